The molecule has 0 saturated heterocycles. The quantitative estimate of drug-likeness (QED) is 0.814. The number of benzene rings is 1. The average Bonchev–Trinajstić information content (AvgIpc) is 2.55. The third kappa shape index (κ3) is 3.09. The van der Waals surface area contributed by atoms with Gasteiger partial charge in [0.15, 0.2) is 0 Å². The molecule has 1 atom stereocenters. The van der Waals surface area contributed by atoms with E-state index in [0.29, 0.717) is 12.1 Å². The summed E-state index contributed by atoms with van der Waals surface area (Å²) < 4.78 is 0. The number of carbonyl (C=O) groups excluding carboxylic acids is 1. The van der Waals surface area contributed by atoms with Gasteiger partial charge in [-0.05, 0) is 42.5 Å². The smallest absolute Gasteiger partial charge is 0.319 e. The van der Waals surface area contributed by atoms with Crippen molar-refractivity contribution in [2.24, 2.45) is 0 Å². The van der Waals surface area contributed by atoms with E-state index in [1.54, 1.807) is 24.5 Å². The largest absolute Gasteiger partial charge is 0.383 e. The molecule has 0 radical (unpaired) electrons. The highest BCUT2D eigenvalue weighted by Crippen LogP contribution is 2.34. The summed E-state index contributed by atoms with van der Waals surface area (Å²) in [6.07, 6.45) is 5.77. The minimum absolute atomic E-state index is 0.195. The van der Waals surface area contributed by atoms with Crippen LogP contribution in [0.15, 0.2) is 48.8 Å². The Bertz CT molecular complexity index is 660. The van der Waals surface area contributed by atoms with Gasteiger partial charge in [0, 0.05) is 18.1 Å². The first-order chi connectivity index (χ1) is 10.7. The number of urea groups is 1. The van der Waals surface area contributed by atoms with Gasteiger partial charge in [0.25, 0.3) is 0 Å². The van der Waals surface area contributed by atoms with E-state index >= 15 is 0 Å². The van der Waals surface area contributed by atoms with Gasteiger partial charge in [0.2, 0.25) is 0 Å². The molecule has 2 amide bonds. The summed E-state index contributed by atoms with van der Waals surface area (Å²) >= 11 is 0. The average molecular weight is 297 g/mol. The van der Waals surface area contributed by atoms with Gasteiger partial charge < -0.3 is 15.7 Å². The predicted octanol–water partition coefficient (Wildman–Crippen LogP) is 2.43. The Hall–Kier alpha value is -2.40. The molecule has 1 aromatic carbocycles. The molecule has 0 aliphatic heterocycles. The molecule has 22 heavy (non-hydrogen) atoms. The van der Waals surface area contributed by atoms with E-state index in [2.05, 4.69) is 15.6 Å². The van der Waals surface area contributed by atoms with Crippen LogP contribution in [0.2, 0.25) is 0 Å². The van der Waals surface area contributed by atoms with E-state index in [-0.39, 0.29) is 12.6 Å². The Morgan fingerprint density at radius 2 is 2.00 bits per heavy atom. The summed E-state index contributed by atoms with van der Waals surface area (Å²) in [6, 6.07) is 11.0. The lowest BCUT2D eigenvalue weighted by Gasteiger charge is -2.34. The second kappa shape index (κ2) is 6.15. The van der Waals surface area contributed by atoms with Gasteiger partial charge >= 0.3 is 6.03 Å². The van der Waals surface area contributed by atoms with Crippen LogP contribution >= 0.6 is 0 Å². The number of anilines is 1. The van der Waals surface area contributed by atoms with Crippen molar-refractivity contribution in [1.82, 2.24) is 10.3 Å². The Balaban J connectivity index is 1.65. The van der Waals surface area contributed by atoms with Gasteiger partial charge in [-0.2, -0.15) is 0 Å². The minimum Gasteiger partial charge on any atom is -0.383 e. The van der Waals surface area contributed by atoms with Crippen molar-refractivity contribution in [2.75, 3.05) is 11.9 Å². The molecule has 1 aromatic heterocycles. The summed E-state index contributed by atoms with van der Waals surface area (Å²) in [6.45, 7) is 0.195. The van der Waals surface area contributed by atoms with E-state index in [1.807, 2.05) is 24.3 Å². The van der Waals surface area contributed by atoms with E-state index in [0.717, 1.165) is 24.0 Å². The number of aromatic nitrogens is 1. The van der Waals surface area contributed by atoms with E-state index < -0.39 is 5.60 Å². The van der Waals surface area contributed by atoms with E-state index in [9.17, 15) is 9.90 Å². The number of nitrogens with one attached hydrogen (secondary N) is 2. The normalized spacial score (nSPS) is 20.0. The van der Waals surface area contributed by atoms with Crippen LogP contribution in [0.3, 0.4) is 0 Å². The summed E-state index contributed by atoms with van der Waals surface area (Å²) in [5, 5.41) is 16.4. The van der Waals surface area contributed by atoms with Crippen LogP contribution in [0.25, 0.3) is 0 Å². The lowest BCUT2D eigenvalue weighted by Crippen LogP contribution is -2.44. The highest BCUT2D eigenvalue weighted by atomic mass is 16.3. The molecule has 1 heterocycles. The van der Waals surface area contributed by atoms with Gasteiger partial charge in [-0.3, -0.25) is 4.98 Å². The number of aryl methyl sites for hydroxylation is 1. The second-order valence-electron chi connectivity index (χ2n) is 5.59. The van der Waals surface area contributed by atoms with Gasteiger partial charge in [-0.15, -0.1) is 0 Å². The molecule has 2 aromatic rings. The lowest BCUT2D eigenvalue weighted by atomic mass is 9.79. The zero-order chi connectivity index (χ0) is 15.4. The zero-order valence-corrected chi connectivity index (χ0v) is 12.2. The minimum atomic E-state index is -0.996. The first-order valence-corrected chi connectivity index (χ1v) is 7.43. The predicted molar refractivity (Wildman–Crippen MR) is 84.5 cm³/mol. The molecule has 0 spiro atoms. The van der Waals surface area contributed by atoms with E-state index in [4.69, 9.17) is 0 Å². The van der Waals surface area contributed by atoms with Crippen LogP contribution in [-0.4, -0.2) is 22.7 Å². The number of nitrogens with zero attached hydrogens (tertiary/aromatic N) is 1. The monoisotopic (exact) mass is 297 g/mol. The zero-order valence-electron chi connectivity index (χ0n) is 12.2. The van der Waals surface area contributed by atoms with E-state index in [1.165, 1.54) is 0 Å². The molecule has 5 heteroatoms. The topological polar surface area (TPSA) is 74.2 Å². The van der Waals surface area contributed by atoms with Crippen LogP contribution in [0.1, 0.15) is 24.0 Å². The fourth-order valence-corrected chi connectivity index (χ4v) is 2.92. The molecule has 1 aliphatic carbocycles. The van der Waals surface area contributed by atoms with Crippen LogP contribution in [0.4, 0.5) is 10.5 Å². The number of rotatable bonds is 3. The Labute approximate surface area is 129 Å². The molecule has 0 saturated carbocycles. The van der Waals surface area contributed by atoms with Crippen molar-refractivity contribution >= 4 is 11.7 Å². The molecule has 114 valence electrons. The maximum absolute atomic E-state index is 12.0. The second-order valence-corrected chi connectivity index (χ2v) is 5.59. The van der Waals surface area contributed by atoms with Crippen LogP contribution in [0, 0.1) is 0 Å². The molecule has 0 unspecified atom stereocenters. The van der Waals surface area contributed by atoms with Gasteiger partial charge in [0.1, 0.15) is 5.60 Å². The maximum Gasteiger partial charge on any atom is 0.319 e. The number of carbonyl (C=O) groups is 1. The summed E-state index contributed by atoms with van der Waals surface area (Å²) in [4.78, 5) is 15.9. The number of fused-ring (bicyclic) bond motifs is 1. The molecule has 1 aliphatic rings. The molecule has 5 nitrogen and oxygen atoms in total. The summed E-state index contributed by atoms with van der Waals surface area (Å²) in [7, 11) is 0. The molecular weight excluding hydrogens is 278 g/mol. The third-order valence-corrected chi connectivity index (χ3v) is 4.03. The van der Waals surface area contributed by atoms with Crippen molar-refractivity contribution < 1.29 is 9.90 Å². The maximum atomic E-state index is 12.0. The van der Waals surface area contributed by atoms with Crippen LogP contribution in [0.5, 0.6) is 0 Å². The first-order valence-electron chi connectivity index (χ1n) is 7.43. The fourth-order valence-electron chi connectivity index (χ4n) is 2.92. The van der Waals surface area contributed by atoms with Gasteiger partial charge in [-0.1, -0.05) is 24.3 Å². The summed E-state index contributed by atoms with van der Waals surface area (Å²) in [5.41, 5.74) is 1.76. The standard InChI is InChI=1S/C17H19N3O2/c21-16(20-14-7-10-18-11-8-14)19-12-17(22)9-3-5-13-4-1-2-6-15(13)17/h1-2,4,6-8,10-11,22H,3,5,9,12H2,(H2,18,19,20,21)/t17-/m1/s1. The number of aliphatic hydroxyl groups is 1. The molecule has 0 fully saturated rings. The Morgan fingerprint density at radius 1 is 1.23 bits per heavy atom. The number of hydrogen-bond donors (Lipinski definition) is 3. The van der Waals surface area contributed by atoms with Crippen molar-refractivity contribution in [2.45, 2.75) is 24.9 Å². The Morgan fingerprint density at radius 3 is 2.82 bits per heavy atom. The molecule has 0 bridgehead atoms. The van der Waals surface area contributed by atoms with Crippen molar-refractivity contribution in [3.63, 3.8) is 0 Å². The Kier molecular flexibility index (Phi) is 4.06. The van der Waals surface area contributed by atoms with Crippen molar-refractivity contribution in [3.05, 3.63) is 59.9 Å². The van der Waals surface area contributed by atoms with Crippen LogP contribution < -0.4 is 10.6 Å². The molecule has 3 N–H and O–H groups in total. The summed E-state index contributed by atoms with van der Waals surface area (Å²) in [5.74, 6) is 0. The lowest BCUT2D eigenvalue weighted by molar-refractivity contribution is 0.0221. The SMILES string of the molecule is O=C(NC[C@]1(O)CCCc2ccccc21)Nc1ccncc1. The highest BCUT2D eigenvalue weighted by molar-refractivity contribution is 5.89. The first kappa shape index (κ1) is 14.5. The molecule has 3 rings (SSSR count). The number of hydrogen-bond acceptors (Lipinski definition) is 3. The number of amides is 2. The number of pyridine rings is 1. The van der Waals surface area contributed by atoms with Crippen molar-refractivity contribution in [1.29, 1.82) is 0 Å². The van der Waals surface area contributed by atoms with Crippen molar-refractivity contribution in [3.8, 4) is 0 Å². The van der Waals surface area contributed by atoms with Gasteiger partial charge in [-0.25, -0.2) is 4.79 Å². The fraction of sp³-hybridized carbons (Fsp3) is 0.294. The third-order valence-electron chi connectivity index (χ3n) is 4.03. The van der Waals surface area contributed by atoms with Crippen LogP contribution in [-0.2, 0) is 12.0 Å². The molecular formula is C17H19N3O2. The van der Waals surface area contributed by atoms with Gasteiger partial charge in [0.05, 0.1) is 6.54 Å². The highest BCUT2D eigenvalue weighted by Gasteiger charge is 2.34.